The van der Waals surface area contributed by atoms with Crippen molar-refractivity contribution in [2.24, 2.45) is 0 Å². The Morgan fingerprint density at radius 2 is 1.61 bits per heavy atom. The van der Waals surface area contributed by atoms with Crippen LogP contribution in [0.25, 0.3) is 16.6 Å². The number of carbonyl (C=O) groups is 1. The smallest absolute Gasteiger partial charge is 0.339 e. The minimum atomic E-state index is -0.315. The molecule has 23 heavy (non-hydrogen) atoms. The number of fused-ring (bicyclic) bond motifs is 1. The second-order valence-corrected chi connectivity index (χ2v) is 6.80. The first-order chi connectivity index (χ1) is 10.9. The third-order valence-electron chi connectivity index (χ3n) is 4.10. The van der Waals surface area contributed by atoms with Gasteiger partial charge in [0.05, 0.1) is 12.7 Å². The molecule has 0 aliphatic carbocycles. The summed E-state index contributed by atoms with van der Waals surface area (Å²) in [6.45, 7) is 6.63. The number of aromatic nitrogens is 1. The quantitative estimate of drug-likeness (QED) is 0.643. The van der Waals surface area contributed by atoms with Crippen molar-refractivity contribution >= 4 is 11.5 Å². The van der Waals surface area contributed by atoms with Crippen LogP contribution < -0.4 is 0 Å². The van der Waals surface area contributed by atoms with Crippen molar-refractivity contribution in [1.82, 2.24) is 4.40 Å². The summed E-state index contributed by atoms with van der Waals surface area (Å²) < 4.78 is 6.73. The Bertz CT molecular complexity index is 851. The van der Waals surface area contributed by atoms with E-state index in [2.05, 4.69) is 51.1 Å². The zero-order chi connectivity index (χ0) is 16.6. The summed E-state index contributed by atoms with van der Waals surface area (Å²) in [5.74, 6) is -0.315. The van der Waals surface area contributed by atoms with Gasteiger partial charge >= 0.3 is 5.97 Å². The average molecular weight is 307 g/mol. The predicted octanol–water partition coefficient (Wildman–Crippen LogP) is 4.69. The Kier molecular flexibility index (Phi) is 3.72. The molecule has 0 aliphatic heterocycles. The molecule has 0 saturated heterocycles. The van der Waals surface area contributed by atoms with Crippen molar-refractivity contribution in [1.29, 1.82) is 0 Å². The van der Waals surface area contributed by atoms with Crippen LogP contribution in [0, 0.1) is 0 Å². The standard InChI is InChI=1S/C20H21NO2/c1-20(2,3)17-8-5-14(6-9-17)15-7-10-18-11-16(19(22)23-4)13-21(18)12-15/h5-13H,1-4H3. The van der Waals surface area contributed by atoms with E-state index >= 15 is 0 Å². The van der Waals surface area contributed by atoms with E-state index in [9.17, 15) is 4.79 Å². The summed E-state index contributed by atoms with van der Waals surface area (Å²) in [4.78, 5) is 11.6. The lowest BCUT2D eigenvalue weighted by Crippen LogP contribution is -2.10. The van der Waals surface area contributed by atoms with E-state index in [1.807, 2.05) is 22.7 Å². The van der Waals surface area contributed by atoms with Crippen LogP contribution in [-0.2, 0) is 10.2 Å². The van der Waals surface area contributed by atoms with Gasteiger partial charge in [-0.25, -0.2) is 4.79 Å². The molecule has 3 aromatic rings. The number of nitrogens with zero attached hydrogens (tertiary/aromatic N) is 1. The number of hydrogen-bond donors (Lipinski definition) is 0. The van der Waals surface area contributed by atoms with Crippen LogP contribution >= 0.6 is 0 Å². The van der Waals surface area contributed by atoms with Gasteiger partial charge in [-0.1, -0.05) is 51.1 Å². The van der Waals surface area contributed by atoms with Crippen LogP contribution in [0.15, 0.2) is 54.9 Å². The zero-order valence-corrected chi connectivity index (χ0v) is 14.0. The van der Waals surface area contributed by atoms with Crippen LogP contribution in [0.3, 0.4) is 0 Å². The molecule has 0 fully saturated rings. The van der Waals surface area contributed by atoms with Gasteiger partial charge in [0.15, 0.2) is 0 Å². The summed E-state index contributed by atoms with van der Waals surface area (Å²) in [6.07, 6.45) is 3.84. The number of rotatable bonds is 2. The van der Waals surface area contributed by atoms with Gasteiger partial charge in [0.2, 0.25) is 0 Å². The summed E-state index contributed by atoms with van der Waals surface area (Å²) in [6, 6.07) is 14.6. The van der Waals surface area contributed by atoms with E-state index in [0.29, 0.717) is 5.56 Å². The van der Waals surface area contributed by atoms with Gasteiger partial charge in [-0.2, -0.15) is 0 Å². The van der Waals surface area contributed by atoms with Gasteiger partial charge in [0.1, 0.15) is 0 Å². The highest BCUT2D eigenvalue weighted by Crippen LogP contribution is 2.26. The highest BCUT2D eigenvalue weighted by Gasteiger charge is 2.13. The van der Waals surface area contributed by atoms with E-state index in [-0.39, 0.29) is 11.4 Å². The first-order valence-electron chi connectivity index (χ1n) is 7.69. The lowest BCUT2D eigenvalue weighted by Gasteiger charge is -2.19. The topological polar surface area (TPSA) is 30.7 Å². The van der Waals surface area contributed by atoms with Crippen LogP contribution in [-0.4, -0.2) is 17.5 Å². The van der Waals surface area contributed by atoms with E-state index in [4.69, 9.17) is 4.74 Å². The van der Waals surface area contributed by atoms with Crippen molar-refractivity contribution in [3.05, 3.63) is 66.0 Å². The average Bonchev–Trinajstić information content (AvgIpc) is 2.96. The summed E-state index contributed by atoms with van der Waals surface area (Å²) in [7, 11) is 1.40. The maximum Gasteiger partial charge on any atom is 0.339 e. The van der Waals surface area contributed by atoms with Crippen molar-refractivity contribution in [3.63, 3.8) is 0 Å². The third kappa shape index (κ3) is 3.00. The Balaban J connectivity index is 1.98. The molecule has 0 unspecified atom stereocenters. The van der Waals surface area contributed by atoms with E-state index in [1.54, 1.807) is 6.20 Å². The van der Waals surface area contributed by atoms with Gasteiger partial charge in [-0.15, -0.1) is 0 Å². The molecule has 0 N–H and O–H groups in total. The van der Waals surface area contributed by atoms with Gasteiger partial charge in [-0.05, 0) is 34.2 Å². The molecule has 3 heteroatoms. The Hall–Kier alpha value is -2.55. The fourth-order valence-electron chi connectivity index (χ4n) is 2.67. The minimum Gasteiger partial charge on any atom is -0.465 e. The minimum absolute atomic E-state index is 0.151. The molecule has 118 valence electrons. The lowest BCUT2D eigenvalue weighted by molar-refractivity contribution is 0.0601. The molecule has 0 atom stereocenters. The van der Waals surface area contributed by atoms with Crippen molar-refractivity contribution < 1.29 is 9.53 Å². The van der Waals surface area contributed by atoms with Crippen LogP contribution in [0.1, 0.15) is 36.7 Å². The Morgan fingerprint density at radius 3 is 2.22 bits per heavy atom. The fraction of sp³-hybridized carbons (Fsp3) is 0.250. The Morgan fingerprint density at radius 1 is 0.957 bits per heavy atom. The molecular weight excluding hydrogens is 286 g/mol. The maximum absolute atomic E-state index is 11.6. The van der Waals surface area contributed by atoms with Gasteiger partial charge < -0.3 is 9.14 Å². The van der Waals surface area contributed by atoms with E-state index in [0.717, 1.165) is 16.6 Å². The molecule has 0 spiro atoms. The molecule has 0 radical (unpaired) electrons. The fourth-order valence-corrected chi connectivity index (χ4v) is 2.67. The van der Waals surface area contributed by atoms with E-state index < -0.39 is 0 Å². The number of hydrogen-bond acceptors (Lipinski definition) is 2. The second-order valence-electron chi connectivity index (χ2n) is 6.80. The highest BCUT2D eigenvalue weighted by molar-refractivity contribution is 5.91. The molecular formula is C20H21NO2. The van der Waals surface area contributed by atoms with Crippen molar-refractivity contribution in [3.8, 4) is 11.1 Å². The highest BCUT2D eigenvalue weighted by atomic mass is 16.5. The molecule has 2 heterocycles. The molecule has 0 bridgehead atoms. The Labute approximate surface area is 136 Å². The number of pyridine rings is 1. The number of methoxy groups -OCH3 is 1. The monoisotopic (exact) mass is 307 g/mol. The summed E-state index contributed by atoms with van der Waals surface area (Å²) in [5.41, 5.74) is 5.28. The second kappa shape index (κ2) is 5.58. The largest absolute Gasteiger partial charge is 0.465 e. The van der Waals surface area contributed by atoms with Gasteiger partial charge in [0.25, 0.3) is 0 Å². The number of ether oxygens (including phenoxy) is 1. The first kappa shape index (κ1) is 15.3. The first-order valence-corrected chi connectivity index (χ1v) is 7.69. The van der Waals surface area contributed by atoms with Crippen LogP contribution in [0.5, 0.6) is 0 Å². The third-order valence-corrected chi connectivity index (χ3v) is 4.10. The number of benzene rings is 1. The summed E-state index contributed by atoms with van der Waals surface area (Å²) >= 11 is 0. The number of esters is 1. The number of carbonyl (C=O) groups excluding carboxylic acids is 1. The maximum atomic E-state index is 11.6. The van der Waals surface area contributed by atoms with Crippen LogP contribution in [0.4, 0.5) is 0 Å². The molecule has 0 saturated carbocycles. The molecule has 0 aliphatic rings. The van der Waals surface area contributed by atoms with Gasteiger partial charge in [0, 0.05) is 17.9 Å². The molecule has 3 nitrogen and oxygen atoms in total. The molecule has 1 aromatic carbocycles. The van der Waals surface area contributed by atoms with Crippen molar-refractivity contribution in [2.75, 3.05) is 7.11 Å². The van der Waals surface area contributed by atoms with Crippen LogP contribution in [0.2, 0.25) is 0 Å². The molecule has 0 amide bonds. The van der Waals surface area contributed by atoms with Crippen molar-refractivity contribution in [2.45, 2.75) is 26.2 Å². The molecule has 2 aromatic heterocycles. The SMILES string of the molecule is COC(=O)c1cc2ccc(-c3ccc(C(C)(C)C)cc3)cn2c1. The zero-order valence-electron chi connectivity index (χ0n) is 14.0. The van der Waals surface area contributed by atoms with Gasteiger partial charge in [-0.3, -0.25) is 0 Å². The molecule has 3 rings (SSSR count). The van der Waals surface area contributed by atoms with E-state index in [1.165, 1.54) is 12.7 Å². The summed E-state index contributed by atoms with van der Waals surface area (Å²) in [5, 5.41) is 0. The predicted molar refractivity (Wildman–Crippen MR) is 92.9 cm³/mol. The lowest BCUT2D eigenvalue weighted by atomic mass is 9.86. The normalized spacial score (nSPS) is 11.7.